The normalized spacial score (nSPS) is 24.4. The summed E-state index contributed by atoms with van der Waals surface area (Å²) in [5.74, 6) is -6.22. The quantitative estimate of drug-likeness (QED) is 0.257. The molecule has 1 saturated heterocycles. The van der Waals surface area contributed by atoms with Gasteiger partial charge in [-0.25, -0.2) is 0 Å². The number of esters is 7. The first-order valence-electron chi connectivity index (χ1n) is 10.9. The summed E-state index contributed by atoms with van der Waals surface area (Å²) in [4.78, 5) is 82.8. The van der Waals surface area contributed by atoms with Gasteiger partial charge in [0.2, 0.25) is 12.4 Å². The van der Waals surface area contributed by atoms with E-state index in [1.165, 1.54) is 0 Å². The summed E-state index contributed by atoms with van der Waals surface area (Å²) in [5.41, 5.74) is 0. The van der Waals surface area contributed by atoms with E-state index in [-0.39, 0.29) is 0 Å². The molecule has 15 nitrogen and oxygen atoms in total. The molecule has 1 aliphatic rings. The zero-order valence-corrected chi connectivity index (χ0v) is 21.4. The van der Waals surface area contributed by atoms with Gasteiger partial charge in [0, 0.05) is 48.5 Å². The highest BCUT2D eigenvalue weighted by atomic mass is 16.8. The van der Waals surface area contributed by atoms with E-state index < -0.39 is 91.3 Å². The van der Waals surface area contributed by atoms with Crippen LogP contribution < -0.4 is 0 Å². The Morgan fingerprint density at radius 3 is 1.46 bits per heavy atom. The molecule has 208 valence electrons. The maximum atomic E-state index is 12.0. The molecule has 0 saturated carbocycles. The van der Waals surface area contributed by atoms with Crippen molar-refractivity contribution in [2.24, 2.45) is 0 Å². The molecule has 7 atom stereocenters. The molecule has 1 rings (SSSR count). The minimum atomic E-state index is -1.77. The Morgan fingerprint density at radius 2 is 1.03 bits per heavy atom. The number of carbonyl (C=O) groups is 7. The fourth-order valence-corrected chi connectivity index (χ4v) is 3.48. The molecular weight excluding hydrogens is 504 g/mol. The van der Waals surface area contributed by atoms with Crippen molar-refractivity contribution >= 4 is 41.8 Å². The van der Waals surface area contributed by atoms with Crippen molar-refractivity contribution in [3.05, 3.63) is 0 Å². The highest BCUT2D eigenvalue weighted by Gasteiger charge is 2.57. The van der Waals surface area contributed by atoms with Crippen molar-refractivity contribution in [3.63, 3.8) is 0 Å². The lowest BCUT2D eigenvalue weighted by Gasteiger charge is -2.46. The summed E-state index contributed by atoms with van der Waals surface area (Å²) in [5, 5.41) is 0. The molecule has 0 aromatic carbocycles. The molecule has 1 fully saturated rings. The second kappa shape index (κ2) is 14.1. The van der Waals surface area contributed by atoms with Gasteiger partial charge in [0.15, 0.2) is 24.4 Å². The van der Waals surface area contributed by atoms with Crippen molar-refractivity contribution in [1.82, 2.24) is 0 Å². The standard InChI is InChI=1S/C22H30O15/c1-9(23)30-8-16(31-10(2)24)17(32-11(3)25)18-19(33-12(4)26)20(34-13(5)27)21(35-14(6)28)22(37-18)36-15(7)29/h16-22H,8H2,1-7H3/t16-,17-,18-,19+,20+,21+,22-/m1/s1. The van der Waals surface area contributed by atoms with Gasteiger partial charge in [0.1, 0.15) is 12.7 Å². The monoisotopic (exact) mass is 534 g/mol. The number of ether oxygens (including phenoxy) is 8. The molecule has 0 spiro atoms. The highest BCUT2D eigenvalue weighted by molar-refractivity contribution is 5.70. The topological polar surface area (TPSA) is 193 Å². The Morgan fingerprint density at radius 1 is 0.568 bits per heavy atom. The van der Waals surface area contributed by atoms with E-state index in [2.05, 4.69) is 0 Å². The zero-order valence-electron chi connectivity index (χ0n) is 21.4. The maximum Gasteiger partial charge on any atom is 0.305 e. The number of hydrogen-bond acceptors (Lipinski definition) is 15. The Bertz CT molecular complexity index is 879. The van der Waals surface area contributed by atoms with Crippen molar-refractivity contribution in [2.45, 2.75) is 91.4 Å². The lowest BCUT2D eigenvalue weighted by molar-refractivity contribution is -0.314. The summed E-state index contributed by atoms with van der Waals surface area (Å²) < 4.78 is 42.0. The molecule has 0 unspecified atom stereocenters. The smallest absolute Gasteiger partial charge is 0.305 e. The van der Waals surface area contributed by atoms with Crippen LogP contribution in [0.25, 0.3) is 0 Å². The van der Waals surface area contributed by atoms with Crippen LogP contribution >= 0.6 is 0 Å². The van der Waals surface area contributed by atoms with Crippen LogP contribution in [0.2, 0.25) is 0 Å². The fraction of sp³-hybridized carbons (Fsp3) is 0.682. The number of rotatable bonds is 10. The molecule has 1 heterocycles. The maximum absolute atomic E-state index is 12.0. The third-order valence-corrected chi connectivity index (χ3v) is 4.48. The lowest BCUT2D eigenvalue weighted by atomic mass is 9.92. The predicted octanol–water partition coefficient (Wildman–Crippen LogP) is -0.504. The van der Waals surface area contributed by atoms with Crippen molar-refractivity contribution in [3.8, 4) is 0 Å². The van der Waals surface area contributed by atoms with Crippen LogP contribution in [0, 0.1) is 0 Å². The summed E-state index contributed by atoms with van der Waals surface area (Å²) in [6.45, 7) is 6.50. The average molecular weight is 534 g/mol. The van der Waals surface area contributed by atoms with Gasteiger partial charge in [-0.05, 0) is 0 Å². The first kappa shape index (κ1) is 31.3. The van der Waals surface area contributed by atoms with Gasteiger partial charge in [0.05, 0.1) is 0 Å². The molecule has 0 N–H and O–H groups in total. The molecule has 0 aliphatic carbocycles. The third kappa shape index (κ3) is 10.4. The van der Waals surface area contributed by atoms with Crippen LogP contribution in [0.4, 0.5) is 0 Å². The van der Waals surface area contributed by atoms with Crippen LogP contribution in [0.5, 0.6) is 0 Å². The second-order valence-electron chi connectivity index (χ2n) is 7.83. The zero-order chi connectivity index (χ0) is 28.4. The van der Waals surface area contributed by atoms with Crippen molar-refractivity contribution < 1.29 is 71.5 Å². The number of carbonyl (C=O) groups excluding carboxylic acids is 7. The summed E-state index contributed by atoms with van der Waals surface area (Å²) in [7, 11) is 0. The first-order chi connectivity index (χ1) is 17.1. The molecule has 0 bridgehead atoms. The Balaban J connectivity index is 3.75. The van der Waals surface area contributed by atoms with E-state index in [1.807, 2.05) is 0 Å². The van der Waals surface area contributed by atoms with E-state index in [1.54, 1.807) is 0 Å². The summed E-state index contributed by atoms with van der Waals surface area (Å²) in [6.07, 6.45) is -11.6. The van der Waals surface area contributed by atoms with Crippen molar-refractivity contribution in [2.75, 3.05) is 6.61 Å². The minimum Gasteiger partial charge on any atom is -0.462 e. The average Bonchev–Trinajstić information content (AvgIpc) is 2.71. The van der Waals surface area contributed by atoms with Crippen LogP contribution in [0.3, 0.4) is 0 Å². The van der Waals surface area contributed by atoms with E-state index in [0.717, 1.165) is 48.5 Å². The molecular formula is C22H30O15. The van der Waals surface area contributed by atoms with Gasteiger partial charge in [-0.3, -0.25) is 33.6 Å². The van der Waals surface area contributed by atoms with Gasteiger partial charge in [-0.2, -0.15) is 0 Å². The van der Waals surface area contributed by atoms with E-state index in [0.29, 0.717) is 0 Å². The lowest BCUT2D eigenvalue weighted by Crippen LogP contribution is -2.66. The third-order valence-electron chi connectivity index (χ3n) is 4.48. The van der Waals surface area contributed by atoms with Gasteiger partial charge < -0.3 is 37.9 Å². The summed E-state index contributed by atoms with van der Waals surface area (Å²) >= 11 is 0. The minimum absolute atomic E-state index is 0.636. The van der Waals surface area contributed by atoms with Gasteiger partial charge in [0.25, 0.3) is 0 Å². The fourth-order valence-electron chi connectivity index (χ4n) is 3.48. The summed E-state index contributed by atoms with van der Waals surface area (Å²) in [6, 6.07) is 0. The molecule has 0 radical (unpaired) electrons. The Kier molecular flexibility index (Phi) is 11.9. The largest absolute Gasteiger partial charge is 0.462 e. The first-order valence-corrected chi connectivity index (χ1v) is 10.9. The van der Waals surface area contributed by atoms with Crippen LogP contribution in [0.1, 0.15) is 48.5 Å². The Hall–Kier alpha value is -3.75. The molecule has 37 heavy (non-hydrogen) atoms. The molecule has 1 aliphatic heterocycles. The van der Waals surface area contributed by atoms with Crippen LogP contribution in [0.15, 0.2) is 0 Å². The predicted molar refractivity (Wildman–Crippen MR) is 115 cm³/mol. The molecule has 15 heteroatoms. The van der Waals surface area contributed by atoms with E-state index in [4.69, 9.17) is 37.9 Å². The van der Waals surface area contributed by atoms with Gasteiger partial charge >= 0.3 is 41.8 Å². The van der Waals surface area contributed by atoms with E-state index in [9.17, 15) is 33.6 Å². The van der Waals surface area contributed by atoms with Crippen molar-refractivity contribution in [1.29, 1.82) is 0 Å². The van der Waals surface area contributed by atoms with Crippen LogP contribution in [-0.4, -0.2) is 91.3 Å². The SMILES string of the molecule is CC(=O)OC[C@@H](OC(C)=O)[C@@H](OC(C)=O)[C@H]1O[C@@H](OC(C)=O)[C@@H](OC(C)=O)[C@@H](OC(C)=O)[C@H]1OC(C)=O. The van der Waals surface area contributed by atoms with Gasteiger partial charge in [-0.15, -0.1) is 0 Å². The van der Waals surface area contributed by atoms with E-state index >= 15 is 0 Å². The van der Waals surface area contributed by atoms with Crippen LogP contribution in [-0.2, 0) is 71.5 Å². The molecule has 0 aromatic rings. The second-order valence-corrected chi connectivity index (χ2v) is 7.83. The molecule has 0 amide bonds. The molecule has 0 aromatic heterocycles. The Labute approximate surface area is 211 Å². The number of hydrogen-bond donors (Lipinski definition) is 0. The van der Waals surface area contributed by atoms with Gasteiger partial charge in [-0.1, -0.05) is 0 Å². The highest BCUT2D eigenvalue weighted by Crippen LogP contribution is 2.33.